The molecule has 1 saturated carbocycles. The van der Waals surface area contributed by atoms with Crippen LogP contribution in [0.1, 0.15) is 34.9 Å². The zero-order valence-electron chi connectivity index (χ0n) is 15.9. The maximum absolute atomic E-state index is 13.0. The van der Waals surface area contributed by atoms with Gasteiger partial charge in [-0.2, -0.15) is 0 Å². The molecule has 1 unspecified atom stereocenters. The van der Waals surface area contributed by atoms with Crippen LogP contribution < -0.4 is 4.72 Å². The summed E-state index contributed by atoms with van der Waals surface area (Å²) in [5.74, 6) is 0.258. The number of benzene rings is 2. The van der Waals surface area contributed by atoms with Gasteiger partial charge in [-0.05, 0) is 54.7 Å². The van der Waals surface area contributed by atoms with E-state index in [1.807, 2.05) is 24.3 Å². The number of nitrogens with one attached hydrogen (secondary N) is 1. The minimum Gasteiger partial charge on any atom is -0.370 e. The van der Waals surface area contributed by atoms with Crippen molar-refractivity contribution < 1.29 is 17.9 Å². The van der Waals surface area contributed by atoms with Crippen LogP contribution in [0.3, 0.4) is 0 Å². The van der Waals surface area contributed by atoms with E-state index in [1.54, 1.807) is 17.0 Å². The van der Waals surface area contributed by atoms with Gasteiger partial charge >= 0.3 is 0 Å². The summed E-state index contributed by atoms with van der Waals surface area (Å²) >= 11 is 3.42. The number of hydrogen-bond acceptors (Lipinski definition) is 4. The van der Waals surface area contributed by atoms with Gasteiger partial charge in [0.15, 0.2) is 0 Å². The molecule has 154 valence electrons. The van der Waals surface area contributed by atoms with Crippen LogP contribution in [0.4, 0.5) is 0 Å². The summed E-state index contributed by atoms with van der Waals surface area (Å²) in [6.45, 7) is 1.80. The highest BCUT2D eigenvalue weighted by Gasteiger charge is 2.28. The minimum absolute atomic E-state index is 0.127. The summed E-state index contributed by atoms with van der Waals surface area (Å²) in [6.07, 6.45) is 1.93. The smallest absolute Gasteiger partial charge is 0.254 e. The van der Waals surface area contributed by atoms with E-state index in [0.717, 1.165) is 22.9 Å². The zero-order chi connectivity index (χ0) is 20.4. The van der Waals surface area contributed by atoms with Crippen LogP contribution in [0, 0.1) is 5.92 Å². The van der Waals surface area contributed by atoms with E-state index in [-0.39, 0.29) is 16.9 Å². The predicted molar refractivity (Wildman–Crippen MR) is 113 cm³/mol. The van der Waals surface area contributed by atoms with Gasteiger partial charge in [0.2, 0.25) is 10.0 Å². The van der Waals surface area contributed by atoms with E-state index in [9.17, 15) is 13.2 Å². The Morgan fingerprint density at radius 2 is 1.93 bits per heavy atom. The Labute approximate surface area is 179 Å². The molecular formula is C21H23BrN2O4S. The third-order valence-electron chi connectivity index (χ3n) is 5.25. The topological polar surface area (TPSA) is 75.7 Å². The molecule has 0 spiro atoms. The third kappa shape index (κ3) is 5.06. The summed E-state index contributed by atoms with van der Waals surface area (Å²) in [6, 6.07) is 14.1. The van der Waals surface area contributed by atoms with Gasteiger partial charge < -0.3 is 9.64 Å². The van der Waals surface area contributed by atoms with Crippen molar-refractivity contribution >= 4 is 31.9 Å². The fraction of sp³-hybridized carbons (Fsp3) is 0.381. The van der Waals surface area contributed by atoms with Crippen molar-refractivity contribution in [2.24, 2.45) is 5.92 Å². The Balaban J connectivity index is 1.47. The van der Waals surface area contributed by atoms with Crippen molar-refractivity contribution in [2.75, 3.05) is 26.2 Å². The SMILES string of the molecule is O=C(c1cccc(S(=O)(=O)NCC2CC2)c1)N1CCOC(c2ccc(Br)cc2)C1. The lowest BCUT2D eigenvalue weighted by molar-refractivity contribution is -0.0228. The molecule has 1 N–H and O–H groups in total. The maximum atomic E-state index is 13.0. The number of sulfonamides is 1. The quantitative estimate of drug-likeness (QED) is 0.690. The highest BCUT2D eigenvalue weighted by molar-refractivity contribution is 9.10. The molecule has 1 saturated heterocycles. The van der Waals surface area contributed by atoms with Gasteiger partial charge in [0.25, 0.3) is 5.91 Å². The molecule has 0 radical (unpaired) electrons. The Hall–Kier alpha value is -1.74. The van der Waals surface area contributed by atoms with E-state index in [0.29, 0.717) is 37.7 Å². The monoisotopic (exact) mass is 478 g/mol. The molecule has 0 bridgehead atoms. The summed E-state index contributed by atoms with van der Waals surface area (Å²) in [4.78, 5) is 14.9. The van der Waals surface area contributed by atoms with Crippen LogP contribution in [-0.2, 0) is 14.8 Å². The lowest BCUT2D eigenvalue weighted by atomic mass is 10.1. The minimum atomic E-state index is -3.61. The van der Waals surface area contributed by atoms with Crippen molar-refractivity contribution in [1.29, 1.82) is 0 Å². The van der Waals surface area contributed by atoms with Gasteiger partial charge in [-0.3, -0.25) is 4.79 Å². The summed E-state index contributed by atoms with van der Waals surface area (Å²) in [7, 11) is -3.61. The average Bonchev–Trinajstić information content (AvgIpc) is 3.57. The third-order valence-corrected chi connectivity index (χ3v) is 7.20. The normalized spacial score (nSPS) is 19.9. The van der Waals surface area contributed by atoms with Crippen LogP contribution >= 0.6 is 15.9 Å². The molecule has 1 heterocycles. The highest BCUT2D eigenvalue weighted by atomic mass is 79.9. The zero-order valence-corrected chi connectivity index (χ0v) is 18.3. The van der Waals surface area contributed by atoms with Crippen LogP contribution in [0.5, 0.6) is 0 Å². The van der Waals surface area contributed by atoms with Crippen molar-refractivity contribution in [3.8, 4) is 0 Å². The lowest BCUT2D eigenvalue weighted by Crippen LogP contribution is -2.42. The molecule has 0 aromatic heterocycles. The number of amides is 1. The van der Waals surface area contributed by atoms with E-state index in [4.69, 9.17) is 4.74 Å². The maximum Gasteiger partial charge on any atom is 0.254 e. The van der Waals surface area contributed by atoms with Gasteiger partial charge in [0.1, 0.15) is 6.10 Å². The van der Waals surface area contributed by atoms with E-state index in [2.05, 4.69) is 20.7 Å². The van der Waals surface area contributed by atoms with Crippen molar-refractivity contribution in [1.82, 2.24) is 9.62 Å². The molecule has 6 nitrogen and oxygen atoms in total. The van der Waals surface area contributed by atoms with Crippen LogP contribution in [0.25, 0.3) is 0 Å². The molecule has 2 aromatic rings. The largest absolute Gasteiger partial charge is 0.370 e. The molecule has 1 atom stereocenters. The standard InChI is InChI=1S/C21H23BrN2O4S/c22-18-8-6-16(7-9-18)20-14-24(10-11-28-20)21(25)17-2-1-3-19(12-17)29(26,27)23-13-15-4-5-15/h1-3,6-9,12,15,20,23H,4-5,10-11,13-14H2. The molecule has 1 amide bonds. The second-order valence-electron chi connectivity index (χ2n) is 7.49. The van der Waals surface area contributed by atoms with Gasteiger partial charge in [-0.25, -0.2) is 13.1 Å². The number of ether oxygens (including phenoxy) is 1. The Morgan fingerprint density at radius 3 is 2.66 bits per heavy atom. The van der Waals surface area contributed by atoms with Crippen LogP contribution in [0.15, 0.2) is 57.9 Å². The highest BCUT2D eigenvalue weighted by Crippen LogP contribution is 2.28. The lowest BCUT2D eigenvalue weighted by Gasteiger charge is -2.33. The van der Waals surface area contributed by atoms with Crippen molar-refractivity contribution in [2.45, 2.75) is 23.8 Å². The molecule has 1 aliphatic heterocycles. The molecule has 2 fully saturated rings. The summed E-state index contributed by atoms with van der Waals surface area (Å²) < 4.78 is 34.5. The van der Waals surface area contributed by atoms with Crippen LogP contribution in [0.2, 0.25) is 0 Å². The van der Waals surface area contributed by atoms with Crippen LogP contribution in [-0.4, -0.2) is 45.5 Å². The Kier molecular flexibility index (Phi) is 6.06. The first-order valence-corrected chi connectivity index (χ1v) is 12.0. The number of carbonyl (C=O) groups excluding carboxylic acids is 1. The second-order valence-corrected chi connectivity index (χ2v) is 10.2. The van der Waals surface area contributed by atoms with Crippen molar-refractivity contribution in [3.05, 3.63) is 64.1 Å². The van der Waals surface area contributed by atoms with Crippen molar-refractivity contribution in [3.63, 3.8) is 0 Å². The molecule has 8 heteroatoms. The van der Waals surface area contributed by atoms with E-state index >= 15 is 0 Å². The second kappa shape index (κ2) is 8.55. The van der Waals surface area contributed by atoms with E-state index < -0.39 is 10.0 Å². The number of halogens is 1. The number of rotatable bonds is 6. The number of morpholine rings is 1. The molecule has 4 rings (SSSR count). The Morgan fingerprint density at radius 1 is 1.17 bits per heavy atom. The number of nitrogens with zero attached hydrogens (tertiary/aromatic N) is 1. The fourth-order valence-electron chi connectivity index (χ4n) is 3.32. The van der Waals surface area contributed by atoms with Gasteiger partial charge in [-0.15, -0.1) is 0 Å². The summed E-state index contributed by atoms with van der Waals surface area (Å²) in [5, 5.41) is 0. The average molecular weight is 479 g/mol. The first kappa shape index (κ1) is 20.5. The van der Waals surface area contributed by atoms with E-state index in [1.165, 1.54) is 12.1 Å². The summed E-state index contributed by atoms with van der Waals surface area (Å²) in [5.41, 5.74) is 1.38. The molecule has 1 aliphatic carbocycles. The predicted octanol–water partition coefficient (Wildman–Crippen LogP) is 3.35. The first-order valence-electron chi connectivity index (χ1n) is 9.68. The molecule has 2 aromatic carbocycles. The number of hydrogen-bond donors (Lipinski definition) is 1. The Bertz CT molecular complexity index is 990. The molecule has 2 aliphatic rings. The fourth-order valence-corrected chi connectivity index (χ4v) is 4.75. The van der Waals surface area contributed by atoms with Gasteiger partial charge in [-0.1, -0.05) is 34.1 Å². The van der Waals surface area contributed by atoms with Gasteiger partial charge in [0.05, 0.1) is 18.0 Å². The molecule has 29 heavy (non-hydrogen) atoms. The number of carbonyl (C=O) groups is 1. The molecular weight excluding hydrogens is 456 g/mol. The van der Waals surface area contributed by atoms with Gasteiger partial charge in [0, 0.05) is 23.1 Å². The first-order chi connectivity index (χ1) is 13.9.